The Morgan fingerprint density at radius 2 is 1.46 bits per heavy atom. The van der Waals surface area contributed by atoms with Gasteiger partial charge in [0.25, 0.3) is 0 Å². The molecule has 1 rings (SSSR count). The maximum Gasteiger partial charge on any atom is 0.100 e. The van der Waals surface area contributed by atoms with Gasteiger partial charge in [0.1, 0.15) is 6.10 Å². The van der Waals surface area contributed by atoms with Gasteiger partial charge in [0, 0.05) is 6.61 Å². The van der Waals surface area contributed by atoms with Gasteiger partial charge in [0.05, 0.1) is 13.2 Å². The van der Waals surface area contributed by atoms with E-state index in [-0.39, 0.29) is 13.2 Å². The summed E-state index contributed by atoms with van der Waals surface area (Å²) in [5.74, 6) is 0.898. The average Bonchev–Trinajstić information content (AvgIpc) is 3.11. The van der Waals surface area contributed by atoms with Crippen LogP contribution >= 0.6 is 0 Å². The molecule has 0 bridgehead atoms. The van der Waals surface area contributed by atoms with Crippen molar-refractivity contribution < 1.29 is 14.9 Å². The summed E-state index contributed by atoms with van der Waals surface area (Å²) in [5.41, 5.74) is 0. The molecule has 3 nitrogen and oxygen atoms in total. The summed E-state index contributed by atoms with van der Waals surface area (Å²) in [6.45, 7) is 0.749. The number of ether oxygens (including phenoxy) is 1. The monoisotopic (exact) mass is 340 g/mol. The molecule has 0 aliphatic heterocycles. The highest BCUT2D eigenvalue weighted by Gasteiger charge is 2.07. The van der Waals surface area contributed by atoms with Crippen LogP contribution in [0.5, 0.6) is 0 Å². The molecule has 0 amide bonds. The van der Waals surface area contributed by atoms with Gasteiger partial charge < -0.3 is 14.9 Å². The number of hydrogen-bond donors (Lipinski definition) is 2. The summed E-state index contributed by atoms with van der Waals surface area (Å²) in [6.07, 6.45) is 23.0. The quantitative estimate of drug-likeness (QED) is 0.289. The van der Waals surface area contributed by atoms with Crippen molar-refractivity contribution in [1.29, 1.82) is 0 Å². The topological polar surface area (TPSA) is 49.7 Å². The van der Waals surface area contributed by atoms with Gasteiger partial charge >= 0.3 is 0 Å². The Morgan fingerprint density at radius 3 is 2.00 bits per heavy atom. The third kappa shape index (κ3) is 13.0. The minimum Gasteiger partial charge on any atom is -0.394 e. The lowest BCUT2D eigenvalue weighted by Crippen LogP contribution is -2.19. The van der Waals surface area contributed by atoms with Gasteiger partial charge in [-0.2, -0.15) is 0 Å². The molecule has 2 atom stereocenters. The van der Waals surface area contributed by atoms with Gasteiger partial charge in [0.2, 0.25) is 0 Å². The third-order valence-corrected chi connectivity index (χ3v) is 5.00. The highest BCUT2D eigenvalue weighted by molar-refractivity contribution is 4.95. The molecule has 2 N–H and O–H groups in total. The van der Waals surface area contributed by atoms with E-state index in [1.807, 2.05) is 0 Å². The van der Waals surface area contributed by atoms with Gasteiger partial charge in [-0.1, -0.05) is 76.4 Å². The van der Waals surface area contributed by atoms with Gasteiger partial charge in [-0.05, 0) is 31.6 Å². The molecule has 3 heteroatoms. The fraction of sp³-hybridized carbons (Fsp3) is 0.905. The first kappa shape index (κ1) is 21.7. The van der Waals surface area contributed by atoms with Gasteiger partial charge in [-0.3, -0.25) is 0 Å². The molecular formula is C21H40O3. The maximum absolute atomic E-state index is 9.12. The first-order valence-electron chi connectivity index (χ1n) is 10.4. The molecular weight excluding hydrogens is 300 g/mol. The Bertz CT molecular complexity index is 291. The standard InChI is InChI=1S/C21H40O3/c22-18-21(23)19-24-17-13-9-7-5-3-1-2-4-6-8-10-14-20-15-11-12-16-20/h11,15,20-23H,1-10,12-14,16-19H2/t20-,21+/m0/s1. The first-order valence-corrected chi connectivity index (χ1v) is 10.4. The molecule has 0 saturated heterocycles. The Kier molecular flexibility index (Phi) is 14.5. The summed E-state index contributed by atoms with van der Waals surface area (Å²) < 4.78 is 5.30. The van der Waals surface area contributed by atoms with Crippen LogP contribution in [0.15, 0.2) is 12.2 Å². The zero-order valence-electron chi connectivity index (χ0n) is 15.6. The van der Waals surface area contributed by atoms with Crippen LogP contribution in [0.25, 0.3) is 0 Å². The smallest absolute Gasteiger partial charge is 0.100 e. The largest absolute Gasteiger partial charge is 0.394 e. The summed E-state index contributed by atoms with van der Waals surface area (Å²) in [7, 11) is 0. The van der Waals surface area contributed by atoms with Crippen LogP contribution in [0, 0.1) is 5.92 Å². The highest BCUT2D eigenvalue weighted by atomic mass is 16.5. The number of aliphatic hydroxyl groups excluding tert-OH is 2. The van der Waals surface area contributed by atoms with Crippen molar-refractivity contribution in [1.82, 2.24) is 0 Å². The molecule has 0 fully saturated rings. The fourth-order valence-corrected chi connectivity index (χ4v) is 3.41. The lowest BCUT2D eigenvalue weighted by Gasteiger charge is -2.08. The zero-order chi connectivity index (χ0) is 17.3. The van der Waals surface area contributed by atoms with Gasteiger partial charge in [-0.25, -0.2) is 0 Å². The van der Waals surface area contributed by atoms with Crippen molar-refractivity contribution in [2.24, 2.45) is 5.92 Å². The van der Waals surface area contributed by atoms with E-state index in [0.717, 1.165) is 12.3 Å². The van der Waals surface area contributed by atoms with E-state index in [4.69, 9.17) is 14.9 Å². The predicted octanol–water partition coefficient (Wildman–Crippen LogP) is 5.00. The Hall–Kier alpha value is -0.380. The summed E-state index contributed by atoms with van der Waals surface area (Å²) in [6, 6.07) is 0. The van der Waals surface area contributed by atoms with Crippen molar-refractivity contribution in [3.63, 3.8) is 0 Å². The molecule has 0 aromatic carbocycles. The predicted molar refractivity (Wildman–Crippen MR) is 101 cm³/mol. The summed E-state index contributed by atoms with van der Waals surface area (Å²) in [5, 5.41) is 17.8. The molecule has 0 spiro atoms. The lowest BCUT2D eigenvalue weighted by atomic mass is 9.99. The van der Waals surface area contributed by atoms with Crippen molar-refractivity contribution in [3.05, 3.63) is 12.2 Å². The highest BCUT2D eigenvalue weighted by Crippen LogP contribution is 2.23. The summed E-state index contributed by atoms with van der Waals surface area (Å²) >= 11 is 0. The number of hydrogen-bond acceptors (Lipinski definition) is 3. The van der Waals surface area contributed by atoms with E-state index in [1.54, 1.807) is 0 Å². The van der Waals surface area contributed by atoms with Gasteiger partial charge in [0.15, 0.2) is 0 Å². The Labute approximate surface area is 149 Å². The molecule has 0 aromatic rings. The SMILES string of the molecule is OC[C@@H](O)COCCCCCCCCCCCCC[C@H]1C=CCC1. The number of aliphatic hydroxyl groups is 2. The minimum atomic E-state index is -0.718. The Morgan fingerprint density at radius 1 is 0.875 bits per heavy atom. The lowest BCUT2D eigenvalue weighted by molar-refractivity contribution is 0.00526. The van der Waals surface area contributed by atoms with Crippen molar-refractivity contribution in [3.8, 4) is 0 Å². The second-order valence-corrected chi connectivity index (χ2v) is 7.35. The molecule has 0 unspecified atom stereocenters. The Balaban J connectivity index is 1.66. The normalized spacial score (nSPS) is 18.3. The molecule has 24 heavy (non-hydrogen) atoms. The van der Waals surface area contributed by atoms with Crippen LogP contribution in [-0.2, 0) is 4.74 Å². The van der Waals surface area contributed by atoms with Crippen molar-refractivity contribution in [2.75, 3.05) is 19.8 Å². The molecule has 142 valence electrons. The second kappa shape index (κ2) is 16.1. The van der Waals surface area contributed by atoms with E-state index in [9.17, 15) is 0 Å². The molecule has 1 aliphatic carbocycles. The van der Waals surface area contributed by atoms with E-state index in [1.165, 1.54) is 83.5 Å². The zero-order valence-corrected chi connectivity index (χ0v) is 15.6. The molecule has 0 aromatic heterocycles. The van der Waals surface area contributed by atoms with Crippen LogP contribution in [-0.4, -0.2) is 36.1 Å². The van der Waals surface area contributed by atoms with Gasteiger partial charge in [-0.15, -0.1) is 0 Å². The maximum atomic E-state index is 9.12. The van der Waals surface area contributed by atoms with E-state index in [0.29, 0.717) is 6.61 Å². The number of rotatable bonds is 17. The van der Waals surface area contributed by atoms with Crippen molar-refractivity contribution in [2.45, 2.75) is 96.0 Å². The molecule has 0 radical (unpaired) electrons. The number of allylic oxidation sites excluding steroid dienone is 2. The van der Waals surface area contributed by atoms with Crippen LogP contribution in [0.3, 0.4) is 0 Å². The second-order valence-electron chi connectivity index (χ2n) is 7.35. The summed E-state index contributed by atoms with van der Waals surface area (Å²) in [4.78, 5) is 0. The average molecular weight is 341 g/mol. The minimum absolute atomic E-state index is 0.210. The third-order valence-electron chi connectivity index (χ3n) is 5.00. The van der Waals surface area contributed by atoms with E-state index in [2.05, 4.69) is 12.2 Å². The van der Waals surface area contributed by atoms with E-state index >= 15 is 0 Å². The van der Waals surface area contributed by atoms with Crippen LogP contribution in [0.1, 0.15) is 89.9 Å². The van der Waals surface area contributed by atoms with Crippen LogP contribution in [0.2, 0.25) is 0 Å². The molecule has 0 heterocycles. The van der Waals surface area contributed by atoms with Crippen molar-refractivity contribution >= 4 is 0 Å². The fourth-order valence-electron chi connectivity index (χ4n) is 3.41. The molecule has 1 aliphatic rings. The number of unbranched alkanes of at least 4 members (excludes halogenated alkanes) is 10. The first-order chi connectivity index (χ1) is 11.8. The molecule has 0 saturated carbocycles. The van der Waals surface area contributed by atoms with Crippen LogP contribution < -0.4 is 0 Å². The van der Waals surface area contributed by atoms with Crippen LogP contribution in [0.4, 0.5) is 0 Å². The van der Waals surface area contributed by atoms with E-state index < -0.39 is 6.10 Å².